The van der Waals surface area contributed by atoms with E-state index in [-0.39, 0.29) is 11.7 Å². The van der Waals surface area contributed by atoms with Crippen molar-refractivity contribution in [3.8, 4) is 0 Å². The molecule has 0 N–H and O–H groups in total. The van der Waals surface area contributed by atoms with Crippen molar-refractivity contribution in [3.05, 3.63) is 11.9 Å². The number of aromatic nitrogens is 3. The van der Waals surface area contributed by atoms with Gasteiger partial charge in [-0.25, -0.2) is 4.68 Å². The van der Waals surface area contributed by atoms with Crippen LogP contribution < -0.4 is 0 Å². The van der Waals surface area contributed by atoms with Crippen molar-refractivity contribution in [1.29, 1.82) is 0 Å². The molecule has 1 aliphatic rings. The van der Waals surface area contributed by atoms with Gasteiger partial charge in [0.15, 0.2) is 5.78 Å². The quantitative estimate of drug-likeness (QED) is 0.595. The van der Waals surface area contributed by atoms with Gasteiger partial charge in [-0.05, 0) is 19.3 Å². The maximum atomic E-state index is 12.4. The zero-order chi connectivity index (χ0) is 12.1. The van der Waals surface area contributed by atoms with Crippen LogP contribution >= 0.6 is 0 Å². The maximum Gasteiger partial charge on any atom is 0.185 e. The molecule has 0 radical (unpaired) electrons. The molecule has 0 aromatic carbocycles. The van der Waals surface area contributed by atoms with E-state index in [4.69, 9.17) is 0 Å². The van der Waals surface area contributed by atoms with Gasteiger partial charge in [-0.15, -0.1) is 5.10 Å². The fraction of sp³-hybridized carbons (Fsp3) is 0.769. The van der Waals surface area contributed by atoms with Crippen LogP contribution in [0.2, 0.25) is 0 Å². The molecular weight excluding hydrogens is 214 g/mol. The summed E-state index contributed by atoms with van der Waals surface area (Å²) < 4.78 is 1.76. The van der Waals surface area contributed by atoms with Gasteiger partial charge < -0.3 is 0 Å². The molecular formula is C13H21N3O. The van der Waals surface area contributed by atoms with E-state index in [9.17, 15) is 4.79 Å². The normalized spacial score (nSPS) is 17.9. The second-order valence-corrected chi connectivity index (χ2v) is 4.90. The average Bonchev–Trinajstić information content (AvgIpc) is 2.63. The van der Waals surface area contributed by atoms with Crippen molar-refractivity contribution < 1.29 is 4.79 Å². The van der Waals surface area contributed by atoms with Gasteiger partial charge in [0.05, 0.1) is 6.20 Å². The van der Waals surface area contributed by atoms with Crippen LogP contribution in [0.25, 0.3) is 0 Å². The van der Waals surface area contributed by atoms with Crippen molar-refractivity contribution in [1.82, 2.24) is 15.0 Å². The van der Waals surface area contributed by atoms with E-state index in [1.165, 1.54) is 25.7 Å². The lowest BCUT2D eigenvalue weighted by molar-refractivity contribution is 0.0896. The fourth-order valence-corrected chi connectivity index (χ4v) is 2.58. The number of ketones is 1. The van der Waals surface area contributed by atoms with Gasteiger partial charge in [-0.3, -0.25) is 4.79 Å². The number of aryl methyl sites for hydroxylation is 1. The Labute approximate surface area is 102 Å². The Morgan fingerprint density at radius 3 is 2.71 bits per heavy atom. The number of rotatable bonds is 4. The monoisotopic (exact) mass is 235 g/mol. The lowest BCUT2D eigenvalue weighted by Gasteiger charge is -2.12. The predicted octanol–water partition coefficient (Wildman–Crippen LogP) is 2.84. The van der Waals surface area contributed by atoms with Gasteiger partial charge in [0.25, 0.3) is 0 Å². The molecule has 0 amide bonds. The molecule has 1 aliphatic carbocycles. The molecule has 0 spiro atoms. The van der Waals surface area contributed by atoms with Crippen LogP contribution in [0.1, 0.15) is 62.4 Å². The Bertz CT molecular complexity index is 364. The molecule has 0 unspecified atom stereocenters. The highest BCUT2D eigenvalue weighted by Gasteiger charge is 2.24. The van der Waals surface area contributed by atoms with Crippen molar-refractivity contribution in [2.24, 2.45) is 5.92 Å². The van der Waals surface area contributed by atoms with E-state index >= 15 is 0 Å². The van der Waals surface area contributed by atoms with E-state index < -0.39 is 0 Å². The smallest absolute Gasteiger partial charge is 0.185 e. The Morgan fingerprint density at radius 1 is 1.35 bits per heavy atom. The Morgan fingerprint density at radius 2 is 2.06 bits per heavy atom. The third kappa shape index (κ3) is 2.93. The second-order valence-electron chi connectivity index (χ2n) is 4.90. The number of hydrogen-bond acceptors (Lipinski definition) is 3. The Hall–Kier alpha value is -1.19. The minimum atomic E-state index is 0.201. The molecule has 0 saturated heterocycles. The number of carbonyl (C=O) groups is 1. The van der Waals surface area contributed by atoms with Crippen LogP contribution in [0.5, 0.6) is 0 Å². The zero-order valence-corrected chi connectivity index (χ0v) is 10.6. The highest BCUT2D eigenvalue weighted by molar-refractivity contribution is 5.96. The highest BCUT2D eigenvalue weighted by Crippen LogP contribution is 2.25. The number of carbonyl (C=O) groups excluding carboxylic acids is 1. The third-order valence-electron chi connectivity index (χ3n) is 3.53. The standard InChI is InChI=1S/C13H21N3O/c1-2-9-16-12(10-14-15-16)13(17)11-7-5-3-4-6-8-11/h10-11H,2-9H2,1H3. The molecule has 1 heterocycles. The molecule has 1 aromatic heterocycles. The summed E-state index contributed by atoms with van der Waals surface area (Å²) in [5, 5.41) is 7.86. The first-order valence-electron chi connectivity index (χ1n) is 6.75. The molecule has 17 heavy (non-hydrogen) atoms. The van der Waals surface area contributed by atoms with Crippen LogP contribution in [0.3, 0.4) is 0 Å². The third-order valence-corrected chi connectivity index (χ3v) is 3.53. The highest BCUT2D eigenvalue weighted by atomic mass is 16.1. The number of hydrogen-bond donors (Lipinski definition) is 0. The van der Waals surface area contributed by atoms with Crippen molar-refractivity contribution in [2.75, 3.05) is 0 Å². The SMILES string of the molecule is CCCn1nncc1C(=O)C1CCCCCC1. The van der Waals surface area contributed by atoms with E-state index in [1.807, 2.05) is 0 Å². The largest absolute Gasteiger partial charge is 0.292 e. The topological polar surface area (TPSA) is 47.8 Å². The van der Waals surface area contributed by atoms with Crippen molar-refractivity contribution in [2.45, 2.75) is 58.4 Å². The fourth-order valence-electron chi connectivity index (χ4n) is 2.58. The molecule has 0 bridgehead atoms. The van der Waals surface area contributed by atoms with Crippen LogP contribution in [-0.4, -0.2) is 20.8 Å². The average molecular weight is 235 g/mol. The van der Waals surface area contributed by atoms with Crippen LogP contribution in [0, 0.1) is 5.92 Å². The molecule has 4 nitrogen and oxygen atoms in total. The number of Topliss-reactive ketones (excluding diaryl/α,β-unsaturated/α-hetero) is 1. The van der Waals surface area contributed by atoms with Gasteiger partial charge in [0.1, 0.15) is 5.69 Å². The minimum absolute atomic E-state index is 0.201. The summed E-state index contributed by atoms with van der Waals surface area (Å²) in [4.78, 5) is 12.4. The summed E-state index contributed by atoms with van der Waals surface area (Å²) >= 11 is 0. The van der Waals surface area contributed by atoms with E-state index in [0.29, 0.717) is 5.69 Å². The summed E-state index contributed by atoms with van der Waals surface area (Å²) in [5.74, 6) is 0.456. The van der Waals surface area contributed by atoms with Gasteiger partial charge in [0.2, 0.25) is 0 Å². The molecule has 1 aromatic rings. The lowest BCUT2D eigenvalue weighted by atomic mass is 9.94. The number of nitrogens with zero attached hydrogens (tertiary/aromatic N) is 3. The first-order valence-corrected chi connectivity index (χ1v) is 6.75. The van der Waals surface area contributed by atoms with Gasteiger partial charge in [0, 0.05) is 12.5 Å². The molecule has 1 fully saturated rings. The van der Waals surface area contributed by atoms with Gasteiger partial charge in [-0.1, -0.05) is 37.8 Å². The van der Waals surface area contributed by atoms with Crippen molar-refractivity contribution in [3.63, 3.8) is 0 Å². The molecule has 1 saturated carbocycles. The summed E-state index contributed by atoms with van der Waals surface area (Å²) in [5.41, 5.74) is 0.707. The second kappa shape index (κ2) is 5.94. The molecule has 0 aliphatic heterocycles. The lowest BCUT2D eigenvalue weighted by Crippen LogP contribution is -2.19. The molecule has 2 rings (SSSR count). The van der Waals surface area contributed by atoms with E-state index in [2.05, 4.69) is 17.2 Å². The Balaban J connectivity index is 2.09. The molecule has 4 heteroatoms. The maximum absolute atomic E-state index is 12.4. The van der Waals surface area contributed by atoms with Gasteiger partial charge in [-0.2, -0.15) is 0 Å². The summed E-state index contributed by atoms with van der Waals surface area (Å²) in [6, 6.07) is 0. The Kier molecular flexibility index (Phi) is 4.29. The van der Waals surface area contributed by atoms with Crippen LogP contribution in [0.15, 0.2) is 6.20 Å². The predicted molar refractivity (Wildman–Crippen MR) is 65.8 cm³/mol. The van der Waals surface area contributed by atoms with E-state index in [0.717, 1.165) is 25.8 Å². The zero-order valence-electron chi connectivity index (χ0n) is 10.6. The van der Waals surface area contributed by atoms with Gasteiger partial charge >= 0.3 is 0 Å². The summed E-state index contributed by atoms with van der Waals surface area (Å²) in [6.07, 6.45) is 9.60. The van der Waals surface area contributed by atoms with Crippen LogP contribution in [-0.2, 0) is 6.54 Å². The molecule has 0 atom stereocenters. The van der Waals surface area contributed by atoms with Crippen molar-refractivity contribution >= 4 is 5.78 Å². The molecule has 94 valence electrons. The first-order chi connectivity index (χ1) is 8.33. The first kappa shape index (κ1) is 12.3. The van der Waals surface area contributed by atoms with Crippen LogP contribution in [0.4, 0.5) is 0 Å². The minimum Gasteiger partial charge on any atom is -0.292 e. The summed E-state index contributed by atoms with van der Waals surface area (Å²) in [7, 11) is 0. The van der Waals surface area contributed by atoms with E-state index in [1.54, 1.807) is 10.9 Å². The summed E-state index contributed by atoms with van der Waals surface area (Å²) in [6.45, 7) is 2.87.